The van der Waals surface area contributed by atoms with Gasteiger partial charge in [0.1, 0.15) is 5.82 Å². The normalized spacial score (nSPS) is 19.9. The number of benzene rings is 1. The summed E-state index contributed by atoms with van der Waals surface area (Å²) in [4.78, 5) is 31.6. The predicted molar refractivity (Wildman–Crippen MR) is 138 cm³/mol. The Labute approximate surface area is 212 Å². The van der Waals surface area contributed by atoms with E-state index in [0.717, 1.165) is 32.7 Å². The van der Waals surface area contributed by atoms with Gasteiger partial charge >= 0.3 is 0 Å². The molecule has 1 aliphatic carbocycles. The number of ketones is 1. The van der Waals surface area contributed by atoms with Gasteiger partial charge in [-0.1, -0.05) is 30.3 Å². The highest BCUT2D eigenvalue weighted by Gasteiger charge is 2.42. The zero-order valence-electron chi connectivity index (χ0n) is 19.8. The van der Waals surface area contributed by atoms with Gasteiger partial charge in [-0.3, -0.25) is 14.3 Å². The Morgan fingerprint density at radius 1 is 1.11 bits per heavy atom. The van der Waals surface area contributed by atoms with Crippen molar-refractivity contribution in [1.82, 2.24) is 20.1 Å². The van der Waals surface area contributed by atoms with Crippen LogP contribution < -0.4 is 10.6 Å². The van der Waals surface area contributed by atoms with Crippen molar-refractivity contribution in [2.45, 2.75) is 38.5 Å². The molecule has 35 heavy (non-hydrogen) atoms. The molecule has 0 saturated heterocycles. The fourth-order valence-electron chi connectivity index (χ4n) is 5.04. The van der Waals surface area contributed by atoms with E-state index in [1.807, 2.05) is 45.2 Å². The molecule has 7 nitrogen and oxygen atoms in total. The van der Waals surface area contributed by atoms with Gasteiger partial charge in [-0.05, 0) is 59.8 Å². The fraction of sp³-hybridized carbons (Fsp3) is 0.259. The van der Waals surface area contributed by atoms with E-state index in [4.69, 9.17) is 0 Å². The van der Waals surface area contributed by atoms with Gasteiger partial charge in [-0.25, -0.2) is 4.98 Å². The number of hydrogen-bond acceptors (Lipinski definition) is 5. The lowest BCUT2D eigenvalue weighted by Crippen LogP contribution is -2.37. The van der Waals surface area contributed by atoms with Crippen LogP contribution in [0.15, 0.2) is 81.9 Å². The third-order valence-corrected chi connectivity index (χ3v) is 7.37. The number of nitrogens with zero attached hydrogens (tertiary/aromatic N) is 3. The van der Waals surface area contributed by atoms with Crippen molar-refractivity contribution in [3.63, 3.8) is 0 Å². The first kappa shape index (κ1) is 23.2. The molecule has 3 heterocycles. The van der Waals surface area contributed by atoms with E-state index in [0.29, 0.717) is 29.8 Å². The van der Waals surface area contributed by atoms with Crippen molar-refractivity contribution in [1.29, 1.82) is 0 Å². The van der Waals surface area contributed by atoms with Crippen LogP contribution in [-0.4, -0.2) is 26.5 Å². The maximum atomic E-state index is 13.7. The van der Waals surface area contributed by atoms with Crippen LogP contribution in [0.3, 0.4) is 0 Å². The zero-order chi connectivity index (χ0) is 24.7. The van der Waals surface area contributed by atoms with Gasteiger partial charge in [0.2, 0.25) is 0 Å². The molecule has 2 atom stereocenters. The molecule has 2 aliphatic rings. The number of nitrogens with one attached hydrogen (secondary N) is 2. The molecular formula is C27H26BrN5O2. The summed E-state index contributed by atoms with van der Waals surface area (Å²) in [7, 11) is 1.87. The van der Waals surface area contributed by atoms with Crippen molar-refractivity contribution >= 4 is 33.4 Å². The molecule has 0 bridgehead atoms. The molecule has 1 aromatic carbocycles. The molecule has 178 valence electrons. The topological polar surface area (TPSA) is 88.9 Å². The summed E-state index contributed by atoms with van der Waals surface area (Å²) in [5.74, 6) is -0.192. The van der Waals surface area contributed by atoms with E-state index in [-0.39, 0.29) is 17.6 Å². The summed E-state index contributed by atoms with van der Waals surface area (Å²) in [6, 6.07) is 13.7. The van der Waals surface area contributed by atoms with Crippen LogP contribution in [0.4, 0.5) is 5.82 Å². The molecule has 8 heteroatoms. The molecule has 1 aliphatic heterocycles. The van der Waals surface area contributed by atoms with Crippen molar-refractivity contribution < 1.29 is 9.59 Å². The SMILES string of the molecule is CC1=C(C(=O)Nc2ccc(Br)cn2)[C@@H](c2cnn(C)c2C)C2=C(C[C@@H](c3ccccc3)CC2=O)N1. The number of aryl methyl sites for hydroxylation is 1. The van der Waals surface area contributed by atoms with Crippen LogP contribution in [0.25, 0.3) is 0 Å². The molecule has 0 fully saturated rings. The largest absolute Gasteiger partial charge is 0.362 e. The van der Waals surface area contributed by atoms with E-state index < -0.39 is 5.92 Å². The Bertz CT molecular complexity index is 1370. The van der Waals surface area contributed by atoms with Crippen molar-refractivity contribution in [2.24, 2.45) is 7.05 Å². The van der Waals surface area contributed by atoms with E-state index in [2.05, 4.69) is 48.8 Å². The number of dihydropyridines is 1. The van der Waals surface area contributed by atoms with E-state index >= 15 is 0 Å². The average Bonchev–Trinajstić information content (AvgIpc) is 3.17. The Balaban J connectivity index is 1.57. The predicted octanol–water partition coefficient (Wildman–Crippen LogP) is 4.89. The second-order valence-corrected chi connectivity index (χ2v) is 9.97. The summed E-state index contributed by atoms with van der Waals surface area (Å²) >= 11 is 3.37. The Morgan fingerprint density at radius 3 is 2.54 bits per heavy atom. The summed E-state index contributed by atoms with van der Waals surface area (Å²) in [5.41, 5.74) is 5.72. The third kappa shape index (κ3) is 4.34. The quantitative estimate of drug-likeness (QED) is 0.500. The smallest absolute Gasteiger partial charge is 0.255 e. The van der Waals surface area contributed by atoms with Gasteiger partial charge in [0.25, 0.3) is 5.91 Å². The van der Waals surface area contributed by atoms with Gasteiger partial charge < -0.3 is 10.6 Å². The molecule has 1 amide bonds. The monoisotopic (exact) mass is 531 g/mol. The molecule has 0 radical (unpaired) electrons. The molecule has 2 aromatic heterocycles. The highest BCUT2D eigenvalue weighted by atomic mass is 79.9. The molecule has 5 rings (SSSR count). The van der Waals surface area contributed by atoms with Crippen molar-refractivity contribution in [2.75, 3.05) is 5.32 Å². The summed E-state index contributed by atoms with van der Waals surface area (Å²) in [5, 5.41) is 10.8. The van der Waals surface area contributed by atoms with Crippen LogP contribution in [-0.2, 0) is 16.6 Å². The summed E-state index contributed by atoms with van der Waals surface area (Å²) in [6.45, 7) is 3.86. The maximum Gasteiger partial charge on any atom is 0.255 e. The zero-order valence-corrected chi connectivity index (χ0v) is 21.4. The van der Waals surface area contributed by atoms with E-state index in [9.17, 15) is 9.59 Å². The van der Waals surface area contributed by atoms with Crippen molar-refractivity contribution in [3.8, 4) is 0 Å². The Hall–Kier alpha value is -3.52. The van der Waals surface area contributed by atoms with Crippen molar-refractivity contribution in [3.05, 3.63) is 98.7 Å². The molecule has 3 aromatic rings. The summed E-state index contributed by atoms with van der Waals surface area (Å²) in [6.07, 6.45) is 4.52. The number of anilines is 1. The van der Waals surface area contributed by atoms with Crippen LogP contribution in [0.5, 0.6) is 0 Å². The first-order valence-electron chi connectivity index (χ1n) is 11.5. The van der Waals surface area contributed by atoms with Gasteiger partial charge in [0.05, 0.1) is 6.20 Å². The maximum absolute atomic E-state index is 13.7. The van der Waals surface area contributed by atoms with Crippen LogP contribution in [0.1, 0.15) is 48.4 Å². The number of Topliss-reactive ketones (excluding diaryl/α,β-unsaturated/α-hetero) is 1. The average molecular weight is 532 g/mol. The van der Waals surface area contributed by atoms with E-state index in [1.165, 1.54) is 0 Å². The minimum absolute atomic E-state index is 0.0559. The number of aromatic nitrogens is 3. The number of pyridine rings is 1. The van der Waals surface area contributed by atoms with Crippen LogP contribution in [0.2, 0.25) is 0 Å². The van der Waals surface area contributed by atoms with Crippen LogP contribution >= 0.6 is 15.9 Å². The molecule has 0 spiro atoms. The minimum Gasteiger partial charge on any atom is -0.362 e. The second kappa shape index (κ2) is 9.26. The highest BCUT2D eigenvalue weighted by molar-refractivity contribution is 9.10. The number of amides is 1. The Kier molecular flexibility index (Phi) is 6.15. The molecule has 0 unspecified atom stereocenters. The van der Waals surface area contributed by atoms with Crippen LogP contribution in [0, 0.1) is 6.92 Å². The number of carbonyl (C=O) groups is 2. The second-order valence-electron chi connectivity index (χ2n) is 9.05. The van der Waals surface area contributed by atoms with Gasteiger partial charge in [0, 0.05) is 63.9 Å². The standard InChI is InChI=1S/C27H26BrN5O2/c1-15-24(27(35)32-23-10-9-19(28)13-29-23)25(20-14-30-33(3)16(20)2)26-21(31-15)11-18(12-22(26)34)17-7-5-4-6-8-17/h4-10,13-14,18,25,31H,11-12H2,1-3H3,(H,29,32,35)/t18-,25-/m1/s1. The van der Waals surface area contributed by atoms with Gasteiger partial charge in [-0.2, -0.15) is 5.10 Å². The molecule has 0 saturated carbocycles. The van der Waals surface area contributed by atoms with E-state index in [1.54, 1.807) is 23.1 Å². The van der Waals surface area contributed by atoms with Gasteiger partial charge in [-0.15, -0.1) is 0 Å². The number of rotatable bonds is 4. The first-order valence-corrected chi connectivity index (χ1v) is 12.3. The number of halogens is 1. The fourth-order valence-corrected chi connectivity index (χ4v) is 5.28. The highest BCUT2D eigenvalue weighted by Crippen LogP contribution is 2.46. The summed E-state index contributed by atoms with van der Waals surface area (Å²) < 4.78 is 2.60. The minimum atomic E-state index is -0.500. The lowest BCUT2D eigenvalue weighted by molar-refractivity contribution is -0.116. The first-order chi connectivity index (χ1) is 16.8. The third-order valence-electron chi connectivity index (χ3n) is 6.90. The molecule has 2 N–H and O–H groups in total. The lowest BCUT2D eigenvalue weighted by atomic mass is 9.71. The number of hydrogen-bond donors (Lipinski definition) is 2. The number of carbonyl (C=O) groups excluding carboxylic acids is 2. The lowest BCUT2D eigenvalue weighted by Gasteiger charge is -2.36. The molecular weight excluding hydrogens is 506 g/mol. The van der Waals surface area contributed by atoms with Gasteiger partial charge in [0.15, 0.2) is 5.78 Å². The Morgan fingerprint density at radius 2 is 1.89 bits per heavy atom. The number of allylic oxidation sites excluding steroid dienone is 3.